The van der Waals surface area contributed by atoms with E-state index < -0.39 is 17.2 Å². The molecule has 1 aromatic rings. The van der Waals surface area contributed by atoms with Gasteiger partial charge in [-0.1, -0.05) is 71.4 Å². The number of likely N-dealkylation sites (tertiary alicyclic amines) is 1. The summed E-state index contributed by atoms with van der Waals surface area (Å²) in [4.78, 5) is 15.2. The molecule has 1 saturated carbocycles. The summed E-state index contributed by atoms with van der Waals surface area (Å²) in [5.74, 6) is 1.74. The minimum Gasteiger partial charge on any atom is -0.481 e. The van der Waals surface area contributed by atoms with Crippen molar-refractivity contribution in [3.8, 4) is 11.5 Å². The number of hydrogen-bond donors (Lipinski definition) is 1. The number of ether oxygens (including phenoxy) is 3. The molecular weight excluding hydrogens is 490 g/mol. The first-order valence-corrected chi connectivity index (χ1v) is 15.6. The number of fused-ring (bicyclic) bond motifs is 1. The monoisotopic (exact) mass is 539 g/mol. The fourth-order valence-electron chi connectivity index (χ4n) is 7.48. The largest absolute Gasteiger partial charge is 0.513 e. The molecule has 6 nitrogen and oxygen atoms in total. The van der Waals surface area contributed by atoms with Crippen LogP contribution in [0.25, 0.3) is 0 Å². The second kappa shape index (κ2) is 11.8. The molecular formula is C33H49NO5. The Morgan fingerprint density at radius 2 is 1.85 bits per heavy atom. The zero-order valence-corrected chi connectivity index (χ0v) is 24.4. The van der Waals surface area contributed by atoms with Gasteiger partial charge in [-0.25, -0.2) is 4.79 Å². The number of benzene rings is 1. The van der Waals surface area contributed by atoms with Crippen LogP contribution in [0.5, 0.6) is 11.5 Å². The molecule has 1 spiro atoms. The van der Waals surface area contributed by atoms with Crippen molar-refractivity contribution in [2.45, 2.75) is 127 Å². The van der Waals surface area contributed by atoms with Crippen LogP contribution < -0.4 is 9.47 Å². The number of unbranched alkanes of at least 4 members (excludes halogenated alkanes) is 7. The summed E-state index contributed by atoms with van der Waals surface area (Å²) in [6.45, 7) is 13.0. The first kappa shape index (κ1) is 28.5. The quantitative estimate of drug-likeness (QED) is 0.118. The molecule has 1 N–H and O–H groups in total. The summed E-state index contributed by atoms with van der Waals surface area (Å²) >= 11 is 0. The highest BCUT2D eigenvalue weighted by molar-refractivity contribution is 5.69. The predicted octanol–water partition coefficient (Wildman–Crippen LogP) is 7.10. The predicted molar refractivity (Wildman–Crippen MR) is 154 cm³/mol. The summed E-state index contributed by atoms with van der Waals surface area (Å²) in [5, 5.41) is 12.3. The number of nitrogens with zero attached hydrogens (tertiary/aromatic N) is 1. The number of piperidine rings is 1. The summed E-state index contributed by atoms with van der Waals surface area (Å²) < 4.78 is 17.8. The summed E-state index contributed by atoms with van der Waals surface area (Å²) in [6, 6.07) is 3.94. The Balaban J connectivity index is 1.29. The maximum absolute atomic E-state index is 12.7. The molecule has 6 heteroatoms. The van der Waals surface area contributed by atoms with Gasteiger partial charge in [-0.15, -0.1) is 0 Å². The van der Waals surface area contributed by atoms with Crippen LogP contribution in [0.1, 0.15) is 109 Å². The molecule has 0 amide bonds. The molecule has 5 rings (SSSR count). The molecule has 2 aliphatic heterocycles. The third-order valence-corrected chi connectivity index (χ3v) is 9.96. The lowest BCUT2D eigenvalue weighted by atomic mass is 9.52. The Morgan fingerprint density at radius 1 is 1.13 bits per heavy atom. The van der Waals surface area contributed by atoms with Gasteiger partial charge < -0.3 is 19.3 Å². The Hall–Kier alpha value is -2.05. The van der Waals surface area contributed by atoms with Crippen LogP contribution in [0, 0.1) is 5.92 Å². The van der Waals surface area contributed by atoms with Gasteiger partial charge in [0.1, 0.15) is 6.10 Å². The summed E-state index contributed by atoms with van der Waals surface area (Å²) in [5.41, 5.74) is 1.58. The van der Waals surface area contributed by atoms with Crippen LogP contribution in [-0.4, -0.2) is 53.6 Å². The molecule has 2 bridgehead atoms. The number of hydrogen-bond acceptors (Lipinski definition) is 6. The molecule has 2 fully saturated rings. The van der Waals surface area contributed by atoms with Crippen LogP contribution in [-0.2, 0) is 16.6 Å². The van der Waals surface area contributed by atoms with Gasteiger partial charge in [0.2, 0.25) is 0 Å². The van der Waals surface area contributed by atoms with E-state index in [1.807, 2.05) is 13.0 Å². The molecule has 4 atom stereocenters. The highest BCUT2D eigenvalue weighted by Crippen LogP contribution is 2.63. The number of carbonyl (C=O) groups excluding carboxylic acids is 1. The van der Waals surface area contributed by atoms with Crippen LogP contribution in [0.3, 0.4) is 0 Å². The fourth-order valence-corrected chi connectivity index (χ4v) is 7.48. The van der Waals surface area contributed by atoms with Gasteiger partial charge in [-0.05, 0) is 75.1 Å². The first-order valence-electron chi connectivity index (χ1n) is 15.6. The van der Waals surface area contributed by atoms with Crippen LogP contribution in [0.2, 0.25) is 0 Å². The average molecular weight is 540 g/mol. The first-order chi connectivity index (χ1) is 18.8. The SMILES string of the molecule is C=C(CC)[C@@H]1Oc2c(OC(=O)OCCCCCCCCCC)ccc3c2[C@@]12CCN(CC1CC1)C(C3)[C@@]2(C)O. The zero-order chi connectivity index (χ0) is 27.6. The van der Waals surface area contributed by atoms with E-state index in [2.05, 4.69) is 31.4 Å². The van der Waals surface area contributed by atoms with E-state index in [1.165, 1.54) is 56.9 Å². The Kier molecular flexibility index (Phi) is 8.63. The lowest BCUT2D eigenvalue weighted by Gasteiger charge is -2.60. The minimum atomic E-state index is -0.989. The number of carbonyl (C=O) groups is 1. The molecule has 0 radical (unpaired) electrons. The van der Waals surface area contributed by atoms with Crippen molar-refractivity contribution in [3.05, 3.63) is 35.4 Å². The van der Waals surface area contributed by atoms with E-state index >= 15 is 0 Å². The molecule has 216 valence electrons. The van der Waals surface area contributed by atoms with Gasteiger partial charge in [0.05, 0.1) is 17.6 Å². The van der Waals surface area contributed by atoms with Crippen LogP contribution in [0.4, 0.5) is 4.79 Å². The van der Waals surface area contributed by atoms with Crippen molar-refractivity contribution < 1.29 is 24.1 Å². The van der Waals surface area contributed by atoms with Gasteiger partial charge in [-0.3, -0.25) is 4.90 Å². The van der Waals surface area contributed by atoms with Gasteiger partial charge in [0.15, 0.2) is 11.5 Å². The molecule has 1 saturated heterocycles. The Bertz CT molecular complexity index is 1050. The highest BCUT2D eigenvalue weighted by atomic mass is 16.7. The third-order valence-electron chi connectivity index (χ3n) is 9.96. The molecule has 39 heavy (non-hydrogen) atoms. The molecule has 1 unspecified atom stereocenters. The third kappa shape index (κ3) is 5.36. The second-order valence-corrected chi connectivity index (χ2v) is 12.6. The van der Waals surface area contributed by atoms with Crippen molar-refractivity contribution in [1.29, 1.82) is 0 Å². The average Bonchev–Trinajstić information content (AvgIpc) is 3.66. The summed E-state index contributed by atoms with van der Waals surface area (Å²) in [6.07, 6.45) is 13.4. The normalized spacial score (nSPS) is 29.0. The molecule has 0 aromatic heterocycles. The zero-order valence-electron chi connectivity index (χ0n) is 24.4. The van der Waals surface area contributed by atoms with E-state index in [0.29, 0.717) is 18.1 Å². The second-order valence-electron chi connectivity index (χ2n) is 12.6. The minimum absolute atomic E-state index is 0.0319. The number of aliphatic hydroxyl groups is 1. The topological polar surface area (TPSA) is 68.2 Å². The van der Waals surface area contributed by atoms with Gasteiger partial charge >= 0.3 is 6.16 Å². The fraction of sp³-hybridized carbons (Fsp3) is 0.727. The van der Waals surface area contributed by atoms with Crippen molar-refractivity contribution in [2.75, 3.05) is 19.7 Å². The Labute approximate surface area is 235 Å². The lowest BCUT2D eigenvalue weighted by Crippen LogP contribution is -2.73. The summed E-state index contributed by atoms with van der Waals surface area (Å²) in [7, 11) is 0. The van der Waals surface area contributed by atoms with Gasteiger partial charge in [0, 0.05) is 18.2 Å². The van der Waals surface area contributed by atoms with E-state index in [-0.39, 0.29) is 12.1 Å². The number of rotatable bonds is 14. The van der Waals surface area contributed by atoms with E-state index in [1.54, 1.807) is 0 Å². The standard InChI is InChI=1S/C33H49NO5/c1-5-7-8-9-10-11-12-13-20-37-31(35)38-26-17-16-25-21-27-32(4,36)33(18-19-34(27)22-24-14-15-24)28(25)29(26)39-30(33)23(3)6-2/h16-17,24,27,30,36H,3,5-15,18-22H2,1-2,4H3/t27?,30-,32+,33-/m0/s1. The van der Waals surface area contributed by atoms with Crippen molar-refractivity contribution in [3.63, 3.8) is 0 Å². The molecule has 2 heterocycles. The van der Waals surface area contributed by atoms with E-state index in [0.717, 1.165) is 62.2 Å². The Morgan fingerprint density at radius 3 is 2.54 bits per heavy atom. The van der Waals surface area contributed by atoms with Crippen LogP contribution in [0.15, 0.2) is 24.3 Å². The maximum Gasteiger partial charge on any atom is 0.513 e. The van der Waals surface area contributed by atoms with E-state index in [9.17, 15) is 9.90 Å². The molecule has 2 aliphatic carbocycles. The maximum atomic E-state index is 12.7. The van der Waals surface area contributed by atoms with Crippen molar-refractivity contribution >= 4 is 6.16 Å². The smallest absolute Gasteiger partial charge is 0.481 e. The van der Waals surface area contributed by atoms with Crippen molar-refractivity contribution in [1.82, 2.24) is 4.90 Å². The van der Waals surface area contributed by atoms with Gasteiger partial charge in [-0.2, -0.15) is 0 Å². The highest BCUT2D eigenvalue weighted by Gasteiger charge is 2.68. The molecule has 1 aromatic carbocycles. The molecule has 4 aliphatic rings. The lowest BCUT2D eigenvalue weighted by molar-refractivity contribution is -0.149. The van der Waals surface area contributed by atoms with E-state index in [4.69, 9.17) is 14.2 Å². The van der Waals surface area contributed by atoms with Crippen LogP contribution >= 0.6 is 0 Å². The van der Waals surface area contributed by atoms with Crippen molar-refractivity contribution in [2.24, 2.45) is 5.92 Å². The van der Waals surface area contributed by atoms with Gasteiger partial charge in [0.25, 0.3) is 0 Å².